The van der Waals surface area contributed by atoms with Crippen molar-refractivity contribution in [1.82, 2.24) is 4.90 Å². The van der Waals surface area contributed by atoms with Crippen LogP contribution in [0.1, 0.15) is 50.8 Å². The molecule has 1 atom stereocenters. The first-order valence-corrected chi connectivity index (χ1v) is 10.6. The average molecular weight is 409 g/mol. The molecule has 0 saturated carbocycles. The lowest BCUT2D eigenvalue weighted by Crippen LogP contribution is -2.26. The van der Waals surface area contributed by atoms with Crippen molar-refractivity contribution in [3.63, 3.8) is 0 Å². The number of ether oxygens (including phenoxy) is 2. The van der Waals surface area contributed by atoms with Crippen LogP contribution in [0.15, 0.2) is 53.5 Å². The molecule has 162 valence electrons. The first-order valence-electron chi connectivity index (χ1n) is 10.6. The minimum absolute atomic E-state index is 0.422. The van der Waals surface area contributed by atoms with E-state index < -0.39 is 5.60 Å². The molecule has 2 rings (SSSR count). The fourth-order valence-corrected chi connectivity index (χ4v) is 3.41. The molecule has 0 aliphatic heterocycles. The fraction of sp³-hybridized carbons (Fsp3) is 0.423. The van der Waals surface area contributed by atoms with E-state index in [9.17, 15) is 0 Å². The molecule has 0 N–H and O–H groups in total. The van der Waals surface area contributed by atoms with Gasteiger partial charge in [-0.2, -0.15) is 0 Å². The lowest BCUT2D eigenvalue weighted by atomic mass is 9.89. The minimum atomic E-state index is -0.422. The number of hydrogen-bond donors (Lipinski definition) is 0. The second kappa shape index (κ2) is 10.4. The monoisotopic (exact) mass is 408 g/mol. The SMILES string of the molecule is C=C(C)CC(C)(OCC)c1cccc(Oc2cc(C)c(/N=C\N(C)CC)cc2C)c1. The highest BCUT2D eigenvalue weighted by Gasteiger charge is 2.27. The topological polar surface area (TPSA) is 34.1 Å². The van der Waals surface area contributed by atoms with Gasteiger partial charge >= 0.3 is 0 Å². The standard InChI is InChI=1S/C26H36N2O2/c1-9-28(8)18-27-24-14-21(6)25(15-20(24)5)30-23-13-11-12-22(16-23)26(7,29-10-2)17-19(3)4/h11-16,18H,3,9-10,17H2,1-2,4-8H3/b27-18-. The number of hydrogen-bond acceptors (Lipinski definition) is 3. The number of benzene rings is 2. The predicted octanol–water partition coefficient (Wildman–Crippen LogP) is 6.93. The summed E-state index contributed by atoms with van der Waals surface area (Å²) in [4.78, 5) is 6.65. The fourth-order valence-electron chi connectivity index (χ4n) is 3.41. The van der Waals surface area contributed by atoms with Crippen LogP contribution in [-0.2, 0) is 10.3 Å². The maximum Gasteiger partial charge on any atom is 0.130 e. The Morgan fingerprint density at radius 3 is 2.53 bits per heavy atom. The van der Waals surface area contributed by atoms with Crippen LogP contribution in [-0.4, -0.2) is 31.4 Å². The molecule has 0 spiro atoms. The minimum Gasteiger partial charge on any atom is -0.457 e. The molecule has 0 aliphatic rings. The predicted molar refractivity (Wildman–Crippen MR) is 127 cm³/mol. The summed E-state index contributed by atoms with van der Waals surface area (Å²) < 4.78 is 12.4. The lowest BCUT2D eigenvalue weighted by Gasteiger charge is -2.30. The molecule has 0 aromatic heterocycles. The summed E-state index contributed by atoms with van der Waals surface area (Å²) in [5.41, 5.74) is 4.84. The van der Waals surface area contributed by atoms with Crippen molar-refractivity contribution in [1.29, 1.82) is 0 Å². The van der Waals surface area contributed by atoms with Crippen LogP contribution in [0.3, 0.4) is 0 Å². The first kappa shape index (κ1) is 23.7. The molecule has 1 unspecified atom stereocenters. The summed E-state index contributed by atoms with van der Waals surface area (Å²) >= 11 is 0. The zero-order valence-corrected chi connectivity index (χ0v) is 19.6. The Bertz CT molecular complexity index is 904. The molecule has 4 heteroatoms. The van der Waals surface area contributed by atoms with Crippen LogP contribution in [0.25, 0.3) is 0 Å². The first-order chi connectivity index (χ1) is 14.2. The van der Waals surface area contributed by atoms with Crippen molar-refractivity contribution in [2.24, 2.45) is 4.99 Å². The smallest absolute Gasteiger partial charge is 0.130 e. The molecule has 0 radical (unpaired) electrons. The van der Waals surface area contributed by atoms with E-state index in [1.807, 2.05) is 51.2 Å². The van der Waals surface area contributed by atoms with Crippen molar-refractivity contribution in [3.8, 4) is 11.5 Å². The van der Waals surface area contributed by atoms with Crippen molar-refractivity contribution in [2.45, 2.75) is 53.6 Å². The van der Waals surface area contributed by atoms with Gasteiger partial charge in [0.2, 0.25) is 0 Å². The Kier molecular flexibility index (Phi) is 8.24. The Morgan fingerprint density at radius 1 is 1.17 bits per heavy atom. The van der Waals surface area contributed by atoms with Crippen LogP contribution in [0.2, 0.25) is 0 Å². The van der Waals surface area contributed by atoms with Gasteiger partial charge in [-0.1, -0.05) is 17.7 Å². The second-order valence-electron chi connectivity index (χ2n) is 8.15. The van der Waals surface area contributed by atoms with E-state index in [1.165, 1.54) is 0 Å². The van der Waals surface area contributed by atoms with E-state index in [0.29, 0.717) is 6.61 Å². The molecule has 0 fully saturated rings. The summed E-state index contributed by atoms with van der Waals surface area (Å²) in [5.74, 6) is 1.63. The van der Waals surface area contributed by atoms with Gasteiger partial charge in [0, 0.05) is 26.6 Å². The van der Waals surface area contributed by atoms with E-state index in [0.717, 1.165) is 52.4 Å². The van der Waals surface area contributed by atoms with Crippen molar-refractivity contribution < 1.29 is 9.47 Å². The average Bonchev–Trinajstić information content (AvgIpc) is 2.69. The molecule has 0 bridgehead atoms. The molecular weight excluding hydrogens is 372 g/mol. The highest BCUT2D eigenvalue weighted by molar-refractivity contribution is 5.64. The molecule has 30 heavy (non-hydrogen) atoms. The van der Waals surface area contributed by atoms with E-state index in [2.05, 4.69) is 56.6 Å². The summed E-state index contributed by atoms with van der Waals surface area (Å²) in [6.07, 6.45) is 2.63. The molecule has 4 nitrogen and oxygen atoms in total. The van der Waals surface area contributed by atoms with E-state index in [1.54, 1.807) is 0 Å². The highest BCUT2D eigenvalue weighted by Crippen LogP contribution is 2.36. The molecule has 0 amide bonds. The van der Waals surface area contributed by atoms with Crippen LogP contribution in [0.4, 0.5) is 5.69 Å². The van der Waals surface area contributed by atoms with Gasteiger partial charge in [0.05, 0.1) is 17.6 Å². The van der Waals surface area contributed by atoms with Gasteiger partial charge in [0.15, 0.2) is 0 Å². The second-order valence-corrected chi connectivity index (χ2v) is 8.15. The van der Waals surface area contributed by atoms with E-state index >= 15 is 0 Å². The Hall–Kier alpha value is -2.59. The van der Waals surface area contributed by atoms with Gasteiger partial charge in [0.25, 0.3) is 0 Å². The van der Waals surface area contributed by atoms with Gasteiger partial charge in [0.1, 0.15) is 11.5 Å². The summed E-state index contributed by atoms with van der Waals surface area (Å²) in [5, 5.41) is 0. The zero-order valence-electron chi connectivity index (χ0n) is 19.6. The molecule has 0 aliphatic carbocycles. The van der Waals surface area contributed by atoms with Gasteiger partial charge in [-0.25, -0.2) is 4.99 Å². The van der Waals surface area contributed by atoms with Crippen LogP contribution in [0, 0.1) is 13.8 Å². The Balaban J connectivity index is 2.30. The van der Waals surface area contributed by atoms with Crippen LogP contribution >= 0.6 is 0 Å². The largest absolute Gasteiger partial charge is 0.457 e. The molecular formula is C26H36N2O2. The van der Waals surface area contributed by atoms with Gasteiger partial charge in [-0.15, -0.1) is 6.58 Å². The quantitative estimate of drug-likeness (QED) is 0.243. The van der Waals surface area contributed by atoms with Gasteiger partial charge in [-0.3, -0.25) is 0 Å². The van der Waals surface area contributed by atoms with Gasteiger partial charge in [-0.05, 0) is 82.5 Å². The Labute approximate surface area is 182 Å². The molecule has 0 heterocycles. The third kappa shape index (κ3) is 6.20. The molecule has 2 aromatic rings. The number of aliphatic imine (C=N–C) groups is 1. The maximum atomic E-state index is 6.27. The molecule has 2 aromatic carbocycles. The third-order valence-electron chi connectivity index (χ3n) is 5.16. The summed E-state index contributed by atoms with van der Waals surface area (Å²) in [6.45, 7) is 18.0. The summed E-state index contributed by atoms with van der Waals surface area (Å²) in [6, 6.07) is 12.3. The number of nitrogens with zero attached hydrogens (tertiary/aromatic N) is 2. The Morgan fingerprint density at radius 2 is 1.90 bits per heavy atom. The zero-order chi connectivity index (χ0) is 22.3. The summed E-state index contributed by atoms with van der Waals surface area (Å²) in [7, 11) is 2.01. The van der Waals surface area contributed by atoms with E-state index in [4.69, 9.17) is 9.47 Å². The highest BCUT2D eigenvalue weighted by atomic mass is 16.5. The van der Waals surface area contributed by atoms with Crippen LogP contribution < -0.4 is 4.74 Å². The lowest BCUT2D eigenvalue weighted by molar-refractivity contribution is -0.0290. The number of aryl methyl sites for hydroxylation is 2. The van der Waals surface area contributed by atoms with Crippen molar-refractivity contribution in [2.75, 3.05) is 20.2 Å². The normalized spacial score (nSPS) is 13.3. The van der Waals surface area contributed by atoms with Crippen molar-refractivity contribution in [3.05, 3.63) is 65.2 Å². The van der Waals surface area contributed by atoms with Gasteiger partial charge < -0.3 is 14.4 Å². The molecule has 0 saturated heterocycles. The van der Waals surface area contributed by atoms with E-state index in [-0.39, 0.29) is 0 Å². The third-order valence-corrected chi connectivity index (χ3v) is 5.16. The number of rotatable bonds is 10. The maximum absolute atomic E-state index is 6.27. The van der Waals surface area contributed by atoms with Crippen LogP contribution in [0.5, 0.6) is 11.5 Å². The van der Waals surface area contributed by atoms with Crippen molar-refractivity contribution >= 4 is 12.0 Å².